The van der Waals surface area contributed by atoms with E-state index in [9.17, 15) is 19.4 Å². The molecule has 0 aromatic heterocycles. The van der Waals surface area contributed by atoms with Crippen LogP contribution in [0.3, 0.4) is 0 Å². The number of piperidine rings is 1. The van der Waals surface area contributed by atoms with E-state index in [0.717, 1.165) is 17.7 Å². The first-order valence-electron chi connectivity index (χ1n) is 12.1. The molecule has 34 heavy (non-hydrogen) atoms. The lowest BCUT2D eigenvalue weighted by Gasteiger charge is -2.64. The van der Waals surface area contributed by atoms with Crippen LogP contribution in [0.1, 0.15) is 46.3 Å². The Morgan fingerprint density at radius 2 is 2.09 bits per heavy atom. The summed E-state index contributed by atoms with van der Waals surface area (Å²) in [5.41, 5.74) is 1.04. The van der Waals surface area contributed by atoms with Crippen LogP contribution < -0.4 is 4.74 Å². The molecule has 176 valence electrons. The van der Waals surface area contributed by atoms with Gasteiger partial charge in [-0.1, -0.05) is 24.3 Å². The van der Waals surface area contributed by atoms with Gasteiger partial charge in [-0.2, -0.15) is 0 Å². The molecule has 2 aromatic carbocycles. The number of hydrogen-bond acceptors (Lipinski definition) is 5. The number of halogens is 1. The van der Waals surface area contributed by atoms with E-state index < -0.39 is 22.9 Å². The number of phenols is 1. The molecule has 5 atom stereocenters. The number of phenolic OH excluding ortho intramolecular Hbond substituents is 1. The van der Waals surface area contributed by atoms with Crippen molar-refractivity contribution in [1.29, 1.82) is 0 Å². The molecule has 2 N–H and O–H groups in total. The fourth-order valence-electron chi connectivity index (χ4n) is 7.92. The van der Waals surface area contributed by atoms with Crippen LogP contribution in [-0.2, 0) is 18.4 Å². The van der Waals surface area contributed by atoms with Gasteiger partial charge in [-0.25, -0.2) is 4.39 Å². The lowest BCUT2D eigenvalue weighted by Crippen LogP contribution is -2.78. The number of nitrogens with zero attached hydrogens (tertiary/aromatic N) is 2. The molecule has 2 bridgehead atoms. The number of aliphatic hydroxyl groups is 1. The van der Waals surface area contributed by atoms with Gasteiger partial charge in [-0.3, -0.25) is 9.69 Å². The van der Waals surface area contributed by atoms with Crippen LogP contribution in [0.15, 0.2) is 43.0 Å². The SMILES string of the molecule is C=CCN1CC[C@]23c4c5ccc(O)c4OC2C(N2Cc4cccc(F)c4C2=O)CC[C@@]3(O)[C@H]1C5. The first kappa shape index (κ1) is 20.5. The lowest BCUT2D eigenvalue weighted by molar-refractivity contribution is -0.196. The third-order valence-corrected chi connectivity index (χ3v) is 9.22. The number of amides is 1. The summed E-state index contributed by atoms with van der Waals surface area (Å²) in [7, 11) is 0. The number of ether oxygens (including phenoxy) is 1. The molecule has 3 heterocycles. The average Bonchev–Trinajstić information content (AvgIpc) is 3.34. The summed E-state index contributed by atoms with van der Waals surface area (Å²) >= 11 is 0. The molecular formula is C27H27FN2O4. The number of benzene rings is 2. The maximum atomic E-state index is 14.6. The van der Waals surface area contributed by atoms with Crippen molar-refractivity contribution in [2.24, 2.45) is 0 Å². The number of fused-ring (bicyclic) bond motifs is 1. The van der Waals surface area contributed by atoms with Gasteiger partial charge in [0.05, 0.1) is 22.6 Å². The molecule has 1 saturated carbocycles. The second-order valence-electron chi connectivity index (χ2n) is 10.4. The van der Waals surface area contributed by atoms with Crippen molar-refractivity contribution in [2.45, 2.75) is 61.4 Å². The monoisotopic (exact) mass is 462 g/mol. The van der Waals surface area contributed by atoms with Gasteiger partial charge in [0.15, 0.2) is 11.5 Å². The van der Waals surface area contributed by atoms with Crippen LogP contribution in [-0.4, -0.2) is 62.8 Å². The molecule has 2 fully saturated rings. The van der Waals surface area contributed by atoms with Crippen LogP contribution in [0.4, 0.5) is 4.39 Å². The highest BCUT2D eigenvalue weighted by atomic mass is 19.1. The van der Waals surface area contributed by atoms with Crippen LogP contribution >= 0.6 is 0 Å². The fraction of sp³-hybridized carbons (Fsp3) is 0.444. The summed E-state index contributed by atoms with van der Waals surface area (Å²) in [6, 6.07) is 7.94. The smallest absolute Gasteiger partial charge is 0.257 e. The normalized spacial score (nSPS) is 35.1. The van der Waals surface area contributed by atoms with Crippen molar-refractivity contribution in [3.8, 4) is 11.5 Å². The molecule has 2 unspecified atom stereocenters. The van der Waals surface area contributed by atoms with Gasteiger partial charge in [-0.15, -0.1) is 6.58 Å². The molecule has 2 aromatic rings. The molecule has 1 spiro atoms. The Morgan fingerprint density at radius 1 is 1.24 bits per heavy atom. The molecule has 1 saturated heterocycles. The first-order chi connectivity index (χ1) is 16.4. The van der Waals surface area contributed by atoms with Gasteiger partial charge in [0.1, 0.15) is 11.9 Å². The molecule has 3 aliphatic heterocycles. The van der Waals surface area contributed by atoms with Crippen LogP contribution in [0.25, 0.3) is 0 Å². The Morgan fingerprint density at radius 3 is 2.88 bits per heavy atom. The van der Waals surface area contributed by atoms with Crippen molar-refractivity contribution < 1.29 is 24.1 Å². The highest BCUT2D eigenvalue weighted by Gasteiger charge is 2.73. The Labute approximate surface area is 197 Å². The van der Waals surface area contributed by atoms with Crippen molar-refractivity contribution in [2.75, 3.05) is 13.1 Å². The number of carbonyl (C=O) groups is 1. The number of rotatable bonds is 3. The highest BCUT2D eigenvalue weighted by Crippen LogP contribution is 2.66. The van der Waals surface area contributed by atoms with Gasteiger partial charge in [-0.05, 0) is 55.5 Å². The van der Waals surface area contributed by atoms with Gasteiger partial charge in [0, 0.05) is 24.7 Å². The second kappa shape index (κ2) is 6.61. The molecule has 7 heteroatoms. The molecule has 2 aliphatic carbocycles. The van der Waals surface area contributed by atoms with E-state index in [2.05, 4.69) is 11.5 Å². The zero-order chi connectivity index (χ0) is 23.4. The summed E-state index contributed by atoms with van der Waals surface area (Å²) in [4.78, 5) is 17.4. The van der Waals surface area contributed by atoms with Crippen molar-refractivity contribution >= 4 is 5.91 Å². The third kappa shape index (κ3) is 2.20. The van der Waals surface area contributed by atoms with Crippen LogP contribution in [0, 0.1) is 5.82 Å². The first-order valence-corrected chi connectivity index (χ1v) is 12.1. The summed E-state index contributed by atoms with van der Waals surface area (Å²) < 4.78 is 21.1. The minimum Gasteiger partial charge on any atom is -0.504 e. The summed E-state index contributed by atoms with van der Waals surface area (Å²) in [5, 5.41) is 23.2. The quantitative estimate of drug-likeness (QED) is 0.687. The second-order valence-corrected chi connectivity index (χ2v) is 10.4. The van der Waals surface area contributed by atoms with E-state index in [1.807, 2.05) is 12.1 Å². The summed E-state index contributed by atoms with van der Waals surface area (Å²) in [6.45, 7) is 5.69. The van der Waals surface area contributed by atoms with Gasteiger partial charge < -0.3 is 19.8 Å². The predicted molar refractivity (Wildman–Crippen MR) is 122 cm³/mol. The third-order valence-electron chi connectivity index (χ3n) is 9.22. The van der Waals surface area contributed by atoms with Crippen molar-refractivity contribution in [3.63, 3.8) is 0 Å². The number of carbonyl (C=O) groups excluding carboxylic acids is 1. The van der Waals surface area contributed by atoms with E-state index in [0.29, 0.717) is 50.1 Å². The van der Waals surface area contributed by atoms with E-state index in [4.69, 9.17) is 4.74 Å². The largest absolute Gasteiger partial charge is 0.504 e. The lowest BCUT2D eigenvalue weighted by atomic mass is 9.48. The maximum Gasteiger partial charge on any atom is 0.257 e. The topological polar surface area (TPSA) is 73.2 Å². The minimum atomic E-state index is -1.05. The van der Waals surface area contributed by atoms with Gasteiger partial charge >= 0.3 is 0 Å². The minimum absolute atomic E-state index is 0.0673. The molecule has 7 rings (SSSR count). The summed E-state index contributed by atoms with van der Waals surface area (Å²) in [5.74, 6) is -0.307. The van der Waals surface area contributed by atoms with Gasteiger partial charge in [0.25, 0.3) is 5.91 Å². The Hall–Kier alpha value is -2.90. The number of likely N-dealkylation sites (tertiary alicyclic amines) is 1. The van der Waals surface area contributed by atoms with Crippen LogP contribution in [0.2, 0.25) is 0 Å². The average molecular weight is 463 g/mol. The van der Waals surface area contributed by atoms with E-state index >= 15 is 0 Å². The Kier molecular flexibility index (Phi) is 3.98. The van der Waals surface area contributed by atoms with E-state index in [1.54, 1.807) is 23.1 Å². The highest BCUT2D eigenvalue weighted by molar-refractivity contribution is 5.99. The zero-order valence-corrected chi connectivity index (χ0v) is 18.8. The molecule has 1 amide bonds. The maximum absolute atomic E-state index is 14.6. The molecule has 0 radical (unpaired) electrons. The summed E-state index contributed by atoms with van der Waals surface area (Å²) in [6.07, 6.45) is 3.75. The number of aromatic hydroxyl groups is 1. The van der Waals surface area contributed by atoms with E-state index in [1.165, 1.54) is 6.07 Å². The Balaban J connectivity index is 1.38. The standard InChI is InChI=1S/C27H27FN2O4/c1-2-11-29-12-10-26-22-15-6-7-19(31)23(22)34-24(26)18(8-9-27(26,33)20(29)13-15)30-14-16-4-3-5-17(28)21(16)25(30)32/h2-7,18,20,24,31,33H,1,8-14H2/t18?,20-,24?,26+,27-/m1/s1. The molecule has 5 aliphatic rings. The zero-order valence-electron chi connectivity index (χ0n) is 18.8. The molecule has 6 nitrogen and oxygen atoms in total. The van der Waals surface area contributed by atoms with Crippen molar-refractivity contribution in [3.05, 3.63) is 71.1 Å². The van der Waals surface area contributed by atoms with E-state index in [-0.39, 0.29) is 29.3 Å². The molecular weight excluding hydrogens is 435 g/mol. The van der Waals surface area contributed by atoms with Gasteiger partial charge in [0.2, 0.25) is 0 Å². The Bertz CT molecular complexity index is 1260. The predicted octanol–water partition coefficient (Wildman–Crippen LogP) is 2.90. The number of hydrogen-bond donors (Lipinski definition) is 2. The van der Waals surface area contributed by atoms with Crippen LogP contribution in [0.5, 0.6) is 11.5 Å². The van der Waals surface area contributed by atoms with Crippen molar-refractivity contribution in [1.82, 2.24) is 9.80 Å². The fourth-order valence-corrected chi connectivity index (χ4v) is 7.92.